The van der Waals surface area contributed by atoms with E-state index in [1.807, 2.05) is 30.5 Å². The molecule has 5 aromatic rings. The number of nitrogens with zero attached hydrogens (tertiary/aromatic N) is 5. The summed E-state index contributed by atoms with van der Waals surface area (Å²) in [6, 6.07) is 20.4. The predicted octanol–water partition coefficient (Wildman–Crippen LogP) is 5.26. The number of ether oxygens (including phenoxy) is 1. The van der Waals surface area contributed by atoms with Gasteiger partial charge in [0.05, 0.1) is 18.6 Å². The predicted molar refractivity (Wildman–Crippen MR) is 141 cm³/mol. The van der Waals surface area contributed by atoms with Gasteiger partial charge in [-0.2, -0.15) is 0 Å². The van der Waals surface area contributed by atoms with Gasteiger partial charge in [-0.25, -0.2) is 15.0 Å². The van der Waals surface area contributed by atoms with E-state index in [2.05, 4.69) is 62.0 Å². The molecule has 1 N–H and O–H groups in total. The van der Waals surface area contributed by atoms with Crippen molar-refractivity contribution in [2.45, 2.75) is 6.54 Å². The standard InChI is InChI=1S/C27H24N6OS/c1-2-6-20(7-3-1)21-18-35-27-24(21)26(31-25(32-27)22-8-4-5-11-28-22)30-17-19-9-10-23(29-16-19)33-12-14-34-15-13-33/h1-11,16,18H,12-15,17H2,(H,30,31,32). The minimum Gasteiger partial charge on any atom is -0.378 e. The molecule has 174 valence electrons. The third-order valence-electron chi connectivity index (χ3n) is 6.02. The van der Waals surface area contributed by atoms with Gasteiger partial charge < -0.3 is 15.0 Å². The summed E-state index contributed by atoms with van der Waals surface area (Å²) in [7, 11) is 0. The maximum Gasteiger partial charge on any atom is 0.181 e. The number of benzene rings is 1. The van der Waals surface area contributed by atoms with E-state index in [1.165, 1.54) is 0 Å². The van der Waals surface area contributed by atoms with Crippen molar-refractivity contribution in [3.63, 3.8) is 0 Å². The molecule has 0 spiro atoms. The number of hydrogen-bond donors (Lipinski definition) is 1. The molecule has 0 atom stereocenters. The second-order valence-electron chi connectivity index (χ2n) is 8.28. The van der Waals surface area contributed by atoms with Crippen LogP contribution in [0.1, 0.15) is 5.56 Å². The highest BCUT2D eigenvalue weighted by molar-refractivity contribution is 7.17. The average Bonchev–Trinajstić information content (AvgIpc) is 3.38. The summed E-state index contributed by atoms with van der Waals surface area (Å²) in [4.78, 5) is 22.1. The van der Waals surface area contributed by atoms with Crippen molar-refractivity contribution < 1.29 is 4.74 Å². The molecule has 0 bridgehead atoms. The molecular weight excluding hydrogens is 456 g/mol. The molecular formula is C27H24N6OS. The fraction of sp³-hybridized carbons (Fsp3) is 0.185. The summed E-state index contributed by atoms with van der Waals surface area (Å²) in [6.45, 7) is 3.85. The summed E-state index contributed by atoms with van der Waals surface area (Å²) in [5.41, 5.74) is 4.11. The van der Waals surface area contributed by atoms with Gasteiger partial charge in [0.2, 0.25) is 0 Å². The number of fused-ring (bicyclic) bond motifs is 1. The minimum atomic E-state index is 0.605. The SMILES string of the molecule is c1ccc(-c2csc3nc(-c4ccccn4)nc(NCc4ccc(N5CCOCC5)nc4)c23)cc1. The maximum atomic E-state index is 5.45. The second-order valence-corrected chi connectivity index (χ2v) is 9.14. The zero-order valence-electron chi connectivity index (χ0n) is 19.1. The van der Waals surface area contributed by atoms with Gasteiger partial charge in [-0.1, -0.05) is 42.5 Å². The molecule has 0 saturated carbocycles. The van der Waals surface area contributed by atoms with Crippen LogP contribution in [0.2, 0.25) is 0 Å². The van der Waals surface area contributed by atoms with Crippen LogP contribution >= 0.6 is 11.3 Å². The summed E-state index contributed by atoms with van der Waals surface area (Å²) < 4.78 is 5.45. The highest BCUT2D eigenvalue weighted by atomic mass is 32.1. The van der Waals surface area contributed by atoms with E-state index in [0.29, 0.717) is 12.4 Å². The molecule has 5 heterocycles. The number of hydrogen-bond acceptors (Lipinski definition) is 8. The zero-order valence-corrected chi connectivity index (χ0v) is 19.9. The van der Waals surface area contributed by atoms with E-state index in [4.69, 9.17) is 14.7 Å². The number of thiophene rings is 1. The summed E-state index contributed by atoms with van der Waals surface area (Å²) >= 11 is 1.62. The maximum absolute atomic E-state index is 5.45. The van der Waals surface area contributed by atoms with E-state index >= 15 is 0 Å². The topological polar surface area (TPSA) is 76.1 Å². The average molecular weight is 481 g/mol. The Kier molecular flexibility index (Phi) is 6.04. The lowest BCUT2D eigenvalue weighted by Gasteiger charge is -2.27. The van der Waals surface area contributed by atoms with E-state index in [-0.39, 0.29) is 0 Å². The fourth-order valence-corrected chi connectivity index (χ4v) is 5.14. The van der Waals surface area contributed by atoms with Crippen molar-refractivity contribution in [2.24, 2.45) is 0 Å². The van der Waals surface area contributed by atoms with E-state index in [0.717, 1.165) is 70.5 Å². The second kappa shape index (κ2) is 9.77. The van der Waals surface area contributed by atoms with Crippen LogP contribution in [0.5, 0.6) is 0 Å². The van der Waals surface area contributed by atoms with E-state index < -0.39 is 0 Å². The number of aromatic nitrogens is 4. The van der Waals surface area contributed by atoms with Crippen molar-refractivity contribution in [1.82, 2.24) is 19.9 Å². The van der Waals surface area contributed by atoms with Crippen LogP contribution in [0.4, 0.5) is 11.6 Å². The first-order valence-electron chi connectivity index (χ1n) is 11.6. The fourth-order valence-electron chi connectivity index (χ4n) is 4.20. The van der Waals surface area contributed by atoms with Crippen molar-refractivity contribution >= 4 is 33.2 Å². The van der Waals surface area contributed by atoms with Crippen LogP contribution in [0, 0.1) is 0 Å². The summed E-state index contributed by atoms with van der Waals surface area (Å²) in [5, 5.41) is 6.74. The molecule has 0 aliphatic carbocycles. The Morgan fingerprint density at radius 2 is 1.77 bits per heavy atom. The number of morpholine rings is 1. The molecule has 8 heteroatoms. The molecule has 7 nitrogen and oxygen atoms in total. The Bertz CT molecular complexity index is 1420. The molecule has 1 saturated heterocycles. The Labute approximate surface area is 207 Å². The van der Waals surface area contributed by atoms with Crippen molar-refractivity contribution in [2.75, 3.05) is 36.5 Å². The lowest BCUT2D eigenvalue weighted by molar-refractivity contribution is 0.122. The molecule has 0 radical (unpaired) electrons. The highest BCUT2D eigenvalue weighted by Gasteiger charge is 2.17. The third kappa shape index (κ3) is 4.58. The summed E-state index contributed by atoms with van der Waals surface area (Å²) in [6.07, 6.45) is 3.70. The first kappa shape index (κ1) is 21.6. The van der Waals surface area contributed by atoms with Crippen LogP contribution in [0.25, 0.3) is 32.9 Å². The van der Waals surface area contributed by atoms with Gasteiger partial charge in [0.25, 0.3) is 0 Å². The number of pyridine rings is 2. The lowest BCUT2D eigenvalue weighted by Crippen LogP contribution is -2.36. The van der Waals surface area contributed by atoms with Crippen LogP contribution in [-0.2, 0) is 11.3 Å². The largest absolute Gasteiger partial charge is 0.378 e. The molecule has 4 aromatic heterocycles. The van der Waals surface area contributed by atoms with Gasteiger partial charge in [0.1, 0.15) is 22.2 Å². The third-order valence-corrected chi connectivity index (χ3v) is 6.89. The first-order chi connectivity index (χ1) is 17.3. The van der Waals surface area contributed by atoms with Crippen LogP contribution in [0.15, 0.2) is 78.4 Å². The van der Waals surface area contributed by atoms with Gasteiger partial charge >= 0.3 is 0 Å². The Balaban J connectivity index is 1.33. The molecule has 35 heavy (non-hydrogen) atoms. The molecule has 0 unspecified atom stereocenters. The molecule has 1 aliphatic rings. The summed E-state index contributed by atoms with van der Waals surface area (Å²) in [5.74, 6) is 2.40. The lowest BCUT2D eigenvalue weighted by atomic mass is 10.1. The minimum absolute atomic E-state index is 0.605. The molecule has 6 rings (SSSR count). The van der Waals surface area contributed by atoms with Gasteiger partial charge in [0.15, 0.2) is 5.82 Å². The van der Waals surface area contributed by atoms with Crippen molar-refractivity contribution in [1.29, 1.82) is 0 Å². The normalized spacial score (nSPS) is 13.8. The number of anilines is 2. The number of nitrogens with one attached hydrogen (secondary N) is 1. The van der Waals surface area contributed by atoms with Crippen LogP contribution < -0.4 is 10.2 Å². The number of rotatable bonds is 6. The Morgan fingerprint density at radius 3 is 2.54 bits per heavy atom. The molecule has 1 aliphatic heterocycles. The Morgan fingerprint density at radius 1 is 0.914 bits per heavy atom. The Hall–Kier alpha value is -3.88. The van der Waals surface area contributed by atoms with Gasteiger partial charge in [0, 0.05) is 43.0 Å². The highest BCUT2D eigenvalue weighted by Crippen LogP contribution is 2.38. The smallest absolute Gasteiger partial charge is 0.181 e. The van der Waals surface area contributed by atoms with Gasteiger partial charge in [-0.3, -0.25) is 4.98 Å². The van der Waals surface area contributed by atoms with Crippen LogP contribution in [-0.4, -0.2) is 46.2 Å². The van der Waals surface area contributed by atoms with E-state index in [1.54, 1.807) is 17.5 Å². The monoisotopic (exact) mass is 480 g/mol. The molecule has 1 fully saturated rings. The van der Waals surface area contributed by atoms with E-state index in [9.17, 15) is 0 Å². The molecule has 0 amide bonds. The quantitative estimate of drug-likeness (QED) is 0.355. The van der Waals surface area contributed by atoms with Crippen molar-refractivity contribution in [3.05, 3.63) is 84.0 Å². The van der Waals surface area contributed by atoms with Gasteiger partial charge in [-0.05, 0) is 29.3 Å². The molecule has 1 aromatic carbocycles. The zero-order chi connectivity index (χ0) is 23.5. The van der Waals surface area contributed by atoms with Crippen LogP contribution in [0.3, 0.4) is 0 Å². The first-order valence-corrected chi connectivity index (χ1v) is 12.5. The van der Waals surface area contributed by atoms with Crippen molar-refractivity contribution in [3.8, 4) is 22.6 Å². The van der Waals surface area contributed by atoms with Gasteiger partial charge in [-0.15, -0.1) is 11.3 Å².